The molecule has 10 heavy (non-hydrogen) atoms. The van der Waals surface area contributed by atoms with E-state index in [1.807, 2.05) is 0 Å². The van der Waals surface area contributed by atoms with Crippen LogP contribution in [0.15, 0.2) is 0 Å². The highest BCUT2D eigenvalue weighted by Gasteiger charge is 2.29. The van der Waals surface area contributed by atoms with Gasteiger partial charge < -0.3 is 14.8 Å². The van der Waals surface area contributed by atoms with E-state index in [2.05, 4.69) is 5.32 Å². The predicted octanol–water partition coefficient (Wildman–Crippen LogP) is -0.379. The maximum absolute atomic E-state index is 5.32. The first-order chi connectivity index (χ1) is 4.97. The molecule has 0 bridgehead atoms. The highest BCUT2D eigenvalue weighted by atomic mass is 16.5. The topological polar surface area (TPSA) is 30.5 Å². The van der Waals surface area contributed by atoms with Crippen molar-refractivity contribution in [3.8, 4) is 0 Å². The maximum atomic E-state index is 5.32. The van der Waals surface area contributed by atoms with Gasteiger partial charge in [-0.15, -0.1) is 0 Å². The summed E-state index contributed by atoms with van der Waals surface area (Å²) in [6, 6.07) is 0.558. The van der Waals surface area contributed by atoms with Gasteiger partial charge in [0.1, 0.15) is 0 Å². The number of hydrogen-bond donors (Lipinski definition) is 1. The molecular formula is C7H13NO2. The molecule has 3 heteroatoms. The molecule has 3 nitrogen and oxygen atoms in total. The molecule has 0 amide bonds. The van der Waals surface area contributed by atoms with Gasteiger partial charge in [-0.1, -0.05) is 0 Å². The van der Waals surface area contributed by atoms with Gasteiger partial charge in [0.05, 0.1) is 26.4 Å². The first kappa shape index (κ1) is 6.58. The minimum atomic E-state index is 0.558. The van der Waals surface area contributed by atoms with Gasteiger partial charge >= 0.3 is 0 Å². The van der Waals surface area contributed by atoms with Gasteiger partial charge in [0, 0.05) is 18.5 Å². The second-order valence-corrected chi connectivity index (χ2v) is 2.93. The van der Waals surface area contributed by atoms with E-state index in [1.165, 1.54) is 0 Å². The summed E-state index contributed by atoms with van der Waals surface area (Å²) in [5.74, 6) is 0.709. The zero-order chi connectivity index (χ0) is 6.81. The van der Waals surface area contributed by atoms with Crippen LogP contribution in [0.5, 0.6) is 0 Å². The average Bonchev–Trinajstić information content (AvgIpc) is 1.86. The first-order valence-electron chi connectivity index (χ1n) is 3.86. The third-order valence-corrected chi connectivity index (χ3v) is 2.18. The molecule has 1 atom stereocenters. The molecule has 2 heterocycles. The lowest BCUT2D eigenvalue weighted by atomic mass is 9.98. The van der Waals surface area contributed by atoms with Crippen molar-refractivity contribution < 1.29 is 9.47 Å². The Morgan fingerprint density at radius 1 is 1.10 bits per heavy atom. The van der Waals surface area contributed by atoms with Gasteiger partial charge in [-0.05, 0) is 0 Å². The summed E-state index contributed by atoms with van der Waals surface area (Å²) in [4.78, 5) is 0. The van der Waals surface area contributed by atoms with Gasteiger partial charge in [0.2, 0.25) is 0 Å². The second kappa shape index (κ2) is 2.86. The van der Waals surface area contributed by atoms with Crippen LogP contribution in [-0.2, 0) is 9.47 Å². The molecule has 1 N–H and O–H groups in total. The molecule has 2 fully saturated rings. The minimum Gasteiger partial charge on any atom is -0.381 e. The summed E-state index contributed by atoms with van der Waals surface area (Å²) >= 11 is 0. The Balaban J connectivity index is 1.78. The molecule has 58 valence electrons. The quantitative estimate of drug-likeness (QED) is 0.543. The first-order valence-corrected chi connectivity index (χ1v) is 3.86. The van der Waals surface area contributed by atoms with Gasteiger partial charge in [-0.2, -0.15) is 0 Å². The third-order valence-electron chi connectivity index (χ3n) is 2.18. The molecule has 2 rings (SSSR count). The Morgan fingerprint density at radius 2 is 2.00 bits per heavy atom. The van der Waals surface area contributed by atoms with E-state index in [0.717, 1.165) is 33.0 Å². The number of rotatable bonds is 1. The van der Waals surface area contributed by atoms with Crippen molar-refractivity contribution in [3.63, 3.8) is 0 Å². The number of nitrogens with one attached hydrogen (secondary N) is 1. The standard InChI is InChI=1S/C7H13NO2/c1-2-9-5-7(8-1)6-3-10-4-6/h6-8H,1-5H2. The average molecular weight is 143 g/mol. The Bertz CT molecular complexity index is 108. The summed E-state index contributed by atoms with van der Waals surface area (Å²) in [6.07, 6.45) is 0. The van der Waals surface area contributed by atoms with Crippen LogP contribution < -0.4 is 5.32 Å². The molecule has 0 aromatic rings. The van der Waals surface area contributed by atoms with Gasteiger partial charge in [0.15, 0.2) is 0 Å². The van der Waals surface area contributed by atoms with E-state index < -0.39 is 0 Å². The van der Waals surface area contributed by atoms with E-state index in [-0.39, 0.29) is 0 Å². The maximum Gasteiger partial charge on any atom is 0.0624 e. The van der Waals surface area contributed by atoms with Crippen LogP contribution in [0.4, 0.5) is 0 Å². The molecule has 2 saturated heterocycles. The van der Waals surface area contributed by atoms with Crippen LogP contribution in [0, 0.1) is 5.92 Å². The van der Waals surface area contributed by atoms with Crippen LogP contribution in [0.2, 0.25) is 0 Å². The third kappa shape index (κ3) is 1.17. The highest BCUT2D eigenvalue weighted by molar-refractivity contribution is 4.82. The number of morpholine rings is 1. The summed E-state index contributed by atoms with van der Waals surface area (Å²) in [5.41, 5.74) is 0. The smallest absolute Gasteiger partial charge is 0.0624 e. The SMILES string of the molecule is C1COCC(C2COC2)N1. The molecule has 0 saturated carbocycles. The molecule has 0 spiro atoms. The fourth-order valence-corrected chi connectivity index (χ4v) is 1.37. The Kier molecular flexibility index (Phi) is 1.88. The lowest BCUT2D eigenvalue weighted by molar-refractivity contribution is -0.0741. The van der Waals surface area contributed by atoms with Crippen molar-refractivity contribution in [1.29, 1.82) is 0 Å². The molecule has 2 aliphatic rings. The zero-order valence-corrected chi connectivity index (χ0v) is 6.01. The molecule has 2 aliphatic heterocycles. The second-order valence-electron chi connectivity index (χ2n) is 2.93. The molecule has 0 aromatic carbocycles. The monoisotopic (exact) mass is 143 g/mol. The summed E-state index contributed by atoms with van der Waals surface area (Å²) < 4.78 is 10.4. The van der Waals surface area contributed by atoms with Crippen LogP contribution in [0.25, 0.3) is 0 Å². The highest BCUT2D eigenvalue weighted by Crippen LogP contribution is 2.16. The summed E-state index contributed by atoms with van der Waals surface area (Å²) in [6.45, 7) is 4.57. The largest absolute Gasteiger partial charge is 0.381 e. The van der Waals surface area contributed by atoms with Crippen LogP contribution >= 0.6 is 0 Å². The molecule has 0 radical (unpaired) electrons. The molecule has 0 aromatic heterocycles. The van der Waals surface area contributed by atoms with Gasteiger partial charge in [-0.25, -0.2) is 0 Å². The van der Waals surface area contributed by atoms with Gasteiger partial charge in [0.25, 0.3) is 0 Å². The Labute approximate surface area is 60.7 Å². The molecule has 0 aliphatic carbocycles. The van der Waals surface area contributed by atoms with E-state index >= 15 is 0 Å². The van der Waals surface area contributed by atoms with Crippen LogP contribution in [0.1, 0.15) is 0 Å². The van der Waals surface area contributed by atoms with Crippen molar-refractivity contribution in [3.05, 3.63) is 0 Å². The lowest BCUT2D eigenvalue weighted by Crippen LogP contribution is -2.52. The van der Waals surface area contributed by atoms with E-state index in [0.29, 0.717) is 12.0 Å². The predicted molar refractivity (Wildman–Crippen MR) is 36.9 cm³/mol. The number of ether oxygens (including phenoxy) is 2. The lowest BCUT2D eigenvalue weighted by Gasteiger charge is -2.36. The van der Waals surface area contributed by atoms with E-state index in [4.69, 9.17) is 9.47 Å². The van der Waals surface area contributed by atoms with Crippen molar-refractivity contribution >= 4 is 0 Å². The Hall–Kier alpha value is -0.120. The fourth-order valence-electron chi connectivity index (χ4n) is 1.37. The van der Waals surface area contributed by atoms with E-state index in [9.17, 15) is 0 Å². The van der Waals surface area contributed by atoms with Crippen molar-refractivity contribution in [2.24, 2.45) is 5.92 Å². The van der Waals surface area contributed by atoms with Gasteiger partial charge in [-0.3, -0.25) is 0 Å². The van der Waals surface area contributed by atoms with Crippen molar-refractivity contribution in [2.45, 2.75) is 6.04 Å². The molecular weight excluding hydrogens is 130 g/mol. The van der Waals surface area contributed by atoms with Crippen molar-refractivity contribution in [2.75, 3.05) is 33.0 Å². The van der Waals surface area contributed by atoms with Crippen molar-refractivity contribution in [1.82, 2.24) is 5.32 Å². The van der Waals surface area contributed by atoms with Crippen LogP contribution in [-0.4, -0.2) is 39.0 Å². The van der Waals surface area contributed by atoms with E-state index in [1.54, 1.807) is 0 Å². The minimum absolute atomic E-state index is 0.558. The molecule has 1 unspecified atom stereocenters. The number of hydrogen-bond acceptors (Lipinski definition) is 3. The summed E-state index contributed by atoms with van der Waals surface area (Å²) in [7, 11) is 0. The summed E-state index contributed by atoms with van der Waals surface area (Å²) in [5, 5.41) is 3.42. The Morgan fingerprint density at radius 3 is 2.50 bits per heavy atom. The normalized spacial score (nSPS) is 35.4. The van der Waals surface area contributed by atoms with Crippen LogP contribution in [0.3, 0.4) is 0 Å². The zero-order valence-electron chi connectivity index (χ0n) is 6.01. The fraction of sp³-hybridized carbons (Fsp3) is 1.00.